The zero-order valence-corrected chi connectivity index (χ0v) is 13.3. The lowest BCUT2D eigenvalue weighted by molar-refractivity contribution is 0.0492. The largest absolute Gasteiger partial charge is 0.461 e. The molecular weight excluding hydrogens is 268 g/mol. The zero-order chi connectivity index (χ0) is 14.2. The van der Waals surface area contributed by atoms with E-state index in [-0.39, 0.29) is 5.97 Å². The summed E-state index contributed by atoms with van der Waals surface area (Å²) in [5, 5.41) is 2.11. The third-order valence-electron chi connectivity index (χ3n) is 3.82. The molecule has 2 nitrogen and oxygen atoms in total. The van der Waals surface area contributed by atoms with E-state index >= 15 is 0 Å². The fourth-order valence-electron chi connectivity index (χ4n) is 2.27. The first kappa shape index (κ1) is 15.6. The maximum Gasteiger partial charge on any atom is 0.348 e. The number of ether oxygens (including phenoxy) is 1. The summed E-state index contributed by atoms with van der Waals surface area (Å²) in [7, 11) is 0. The van der Waals surface area contributed by atoms with Gasteiger partial charge in [-0.2, -0.15) is 0 Å². The molecule has 0 spiro atoms. The monoisotopic (exact) mass is 294 g/mol. The molecule has 0 bridgehead atoms. The number of thiophene rings is 1. The molecular formula is C17H26O2S. The van der Waals surface area contributed by atoms with Crippen molar-refractivity contribution < 1.29 is 9.53 Å². The molecule has 112 valence electrons. The van der Waals surface area contributed by atoms with Gasteiger partial charge in [0.2, 0.25) is 0 Å². The minimum atomic E-state index is -0.129. The molecule has 0 unspecified atom stereocenters. The molecule has 0 radical (unpaired) electrons. The lowest BCUT2D eigenvalue weighted by Crippen LogP contribution is -2.05. The number of rotatable bonds is 10. The second kappa shape index (κ2) is 8.46. The van der Waals surface area contributed by atoms with Crippen LogP contribution in [0.4, 0.5) is 0 Å². The molecule has 20 heavy (non-hydrogen) atoms. The normalized spacial score (nSPS) is 14.4. The van der Waals surface area contributed by atoms with E-state index < -0.39 is 0 Å². The summed E-state index contributed by atoms with van der Waals surface area (Å²) in [6.07, 6.45) is 11.4. The van der Waals surface area contributed by atoms with E-state index in [4.69, 9.17) is 4.74 Å². The lowest BCUT2D eigenvalue weighted by Gasteiger charge is -2.01. The predicted octanol–water partition coefficient (Wildman–Crippen LogP) is 5.22. The van der Waals surface area contributed by atoms with E-state index in [9.17, 15) is 4.79 Å². The first-order valence-corrected chi connectivity index (χ1v) is 8.92. The maximum absolute atomic E-state index is 11.8. The van der Waals surface area contributed by atoms with Gasteiger partial charge < -0.3 is 4.74 Å². The number of hydrogen-bond acceptors (Lipinski definition) is 3. The third kappa shape index (κ3) is 5.66. The first-order valence-electron chi connectivity index (χ1n) is 8.04. The number of hydrogen-bond donors (Lipinski definition) is 0. The van der Waals surface area contributed by atoms with Gasteiger partial charge in [0.05, 0.1) is 6.61 Å². The van der Waals surface area contributed by atoms with Crippen molar-refractivity contribution in [3.8, 4) is 0 Å². The maximum atomic E-state index is 11.8. The summed E-state index contributed by atoms with van der Waals surface area (Å²) >= 11 is 1.53. The Kier molecular flexibility index (Phi) is 6.58. The van der Waals surface area contributed by atoms with E-state index in [0.717, 1.165) is 11.3 Å². The highest BCUT2D eigenvalue weighted by atomic mass is 32.1. The second-order valence-electron chi connectivity index (χ2n) is 5.88. The highest BCUT2D eigenvalue weighted by molar-refractivity contribution is 7.12. The Morgan fingerprint density at radius 3 is 2.75 bits per heavy atom. The van der Waals surface area contributed by atoms with Gasteiger partial charge >= 0.3 is 5.97 Å². The average Bonchev–Trinajstić information content (AvgIpc) is 3.17. The molecule has 1 heterocycles. The van der Waals surface area contributed by atoms with Gasteiger partial charge in [0.1, 0.15) is 4.88 Å². The van der Waals surface area contributed by atoms with Gasteiger partial charge in [-0.3, -0.25) is 0 Å². The van der Waals surface area contributed by atoms with Crippen LogP contribution in [0, 0.1) is 5.92 Å². The fraction of sp³-hybridized carbons (Fsp3) is 0.706. The van der Waals surface area contributed by atoms with Crippen LogP contribution in [0.25, 0.3) is 0 Å². The molecule has 1 fully saturated rings. The third-order valence-corrected chi connectivity index (χ3v) is 4.78. The number of carbonyl (C=O) groups is 1. The fourth-order valence-corrected chi connectivity index (χ4v) is 3.11. The Labute approximate surface area is 126 Å². The van der Waals surface area contributed by atoms with Crippen LogP contribution in [0.1, 0.15) is 73.5 Å². The number of esters is 1. The van der Waals surface area contributed by atoms with E-state index in [1.54, 1.807) is 0 Å². The van der Waals surface area contributed by atoms with E-state index in [2.05, 4.69) is 12.3 Å². The van der Waals surface area contributed by atoms with Crippen molar-refractivity contribution in [2.45, 2.75) is 64.7 Å². The molecule has 0 saturated heterocycles. The Morgan fingerprint density at radius 2 is 2.00 bits per heavy atom. The van der Waals surface area contributed by atoms with Gasteiger partial charge in [0.25, 0.3) is 0 Å². The number of aryl methyl sites for hydroxylation is 1. The van der Waals surface area contributed by atoms with Crippen LogP contribution >= 0.6 is 11.3 Å². The summed E-state index contributed by atoms with van der Waals surface area (Å²) in [5.41, 5.74) is 1.30. The number of carbonyl (C=O) groups excluding carboxylic acids is 1. The minimum absolute atomic E-state index is 0.129. The second-order valence-corrected chi connectivity index (χ2v) is 6.79. The Morgan fingerprint density at radius 1 is 1.25 bits per heavy atom. The summed E-state index contributed by atoms with van der Waals surface area (Å²) in [6, 6.07) is 2.02. The molecule has 1 aliphatic rings. The summed E-state index contributed by atoms with van der Waals surface area (Å²) in [6.45, 7) is 2.86. The smallest absolute Gasteiger partial charge is 0.348 e. The standard InChI is InChI=1S/C17H26O2S/c1-2-3-4-5-6-7-8-15-11-16(20-13-15)17(18)19-12-14-9-10-14/h11,13-14H,2-10,12H2,1H3. The van der Waals surface area contributed by atoms with Gasteiger partial charge in [0, 0.05) is 0 Å². The summed E-state index contributed by atoms with van der Waals surface area (Å²) < 4.78 is 5.31. The van der Waals surface area contributed by atoms with Crippen LogP contribution in [-0.4, -0.2) is 12.6 Å². The van der Waals surface area contributed by atoms with Crippen molar-refractivity contribution in [3.05, 3.63) is 21.9 Å². The quantitative estimate of drug-likeness (QED) is 0.437. The molecule has 0 amide bonds. The number of unbranched alkanes of at least 4 members (excludes halogenated alkanes) is 5. The van der Waals surface area contributed by atoms with Crippen LogP contribution in [-0.2, 0) is 11.2 Å². The van der Waals surface area contributed by atoms with Gasteiger partial charge in [-0.25, -0.2) is 4.79 Å². The van der Waals surface area contributed by atoms with Crippen LogP contribution in [0.5, 0.6) is 0 Å². The van der Waals surface area contributed by atoms with Crippen molar-refractivity contribution in [1.29, 1.82) is 0 Å². The van der Waals surface area contributed by atoms with Crippen molar-refractivity contribution in [2.24, 2.45) is 5.92 Å². The minimum Gasteiger partial charge on any atom is -0.461 e. The summed E-state index contributed by atoms with van der Waals surface area (Å²) in [5.74, 6) is 0.512. The van der Waals surface area contributed by atoms with Crippen LogP contribution in [0.3, 0.4) is 0 Å². The van der Waals surface area contributed by atoms with Gasteiger partial charge in [-0.15, -0.1) is 11.3 Å². The van der Waals surface area contributed by atoms with Crippen molar-refractivity contribution in [1.82, 2.24) is 0 Å². The van der Waals surface area contributed by atoms with Crippen LogP contribution in [0.15, 0.2) is 11.4 Å². The SMILES string of the molecule is CCCCCCCCc1csc(C(=O)OCC2CC2)c1. The molecule has 1 aromatic rings. The van der Waals surface area contributed by atoms with Crippen molar-refractivity contribution in [2.75, 3.05) is 6.61 Å². The molecule has 1 aliphatic carbocycles. The van der Waals surface area contributed by atoms with Crippen LogP contribution in [0.2, 0.25) is 0 Å². The zero-order valence-electron chi connectivity index (χ0n) is 12.5. The van der Waals surface area contributed by atoms with E-state index in [1.807, 2.05) is 6.07 Å². The van der Waals surface area contributed by atoms with Gasteiger partial charge in [-0.1, -0.05) is 39.0 Å². The molecule has 0 aliphatic heterocycles. The molecule has 1 aromatic heterocycles. The van der Waals surface area contributed by atoms with Gasteiger partial charge in [0.15, 0.2) is 0 Å². The molecule has 0 aromatic carbocycles. The van der Waals surface area contributed by atoms with E-state index in [0.29, 0.717) is 12.5 Å². The molecule has 0 atom stereocenters. The lowest BCUT2D eigenvalue weighted by atomic mass is 10.1. The van der Waals surface area contributed by atoms with E-state index in [1.165, 1.54) is 68.3 Å². The molecule has 2 rings (SSSR count). The molecule has 0 N–H and O–H groups in total. The molecule has 1 saturated carbocycles. The Bertz CT molecular complexity index is 407. The van der Waals surface area contributed by atoms with Crippen molar-refractivity contribution in [3.63, 3.8) is 0 Å². The Hall–Kier alpha value is -0.830. The molecule has 3 heteroatoms. The highest BCUT2D eigenvalue weighted by Gasteiger charge is 2.23. The van der Waals surface area contributed by atoms with Crippen molar-refractivity contribution >= 4 is 17.3 Å². The first-order chi connectivity index (χ1) is 9.79. The topological polar surface area (TPSA) is 26.3 Å². The van der Waals surface area contributed by atoms with Gasteiger partial charge in [-0.05, 0) is 48.6 Å². The Balaban J connectivity index is 1.62. The summed E-state index contributed by atoms with van der Waals surface area (Å²) in [4.78, 5) is 12.6. The average molecular weight is 294 g/mol. The van der Waals surface area contributed by atoms with Crippen LogP contribution < -0.4 is 0 Å². The highest BCUT2D eigenvalue weighted by Crippen LogP contribution is 2.29. The predicted molar refractivity (Wildman–Crippen MR) is 84.4 cm³/mol.